The van der Waals surface area contributed by atoms with Crippen LogP contribution in [0.1, 0.15) is 6.92 Å². The van der Waals surface area contributed by atoms with Crippen molar-refractivity contribution in [1.82, 2.24) is 20.3 Å². The Bertz CT molecular complexity index is 827. The second-order valence-corrected chi connectivity index (χ2v) is 5.95. The summed E-state index contributed by atoms with van der Waals surface area (Å²) in [6, 6.07) is 8.94. The summed E-state index contributed by atoms with van der Waals surface area (Å²) in [5.74, 6) is 0.716. The quantitative estimate of drug-likeness (QED) is 0.764. The first-order valence-corrected chi connectivity index (χ1v) is 7.79. The fraction of sp³-hybridized carbons (Fsp3) is 0.294. The van der Waals surface area contributed by atoms with E-state index < -0.39 is 0 Å². The van der Waals surface area contributed by atoms with E-state index in [1.165, 1.54) is 12.1 Å². The molecule has 0 aliphatic carbocycles. The van der Waals surface area contributed by atoms with Crippen molar-refractivity contribution in [2.24, 2.45) is 0 Å². The minimum absolute atomic E-state index is 0.236. The van der Waals surface area contributed by atoms with Crippen LogP contribution >= 0.6 is 0 Å². The fourth-order valence-corrected chi connectivity index (χ4v) is 3.09. The lowest BCUT2D eigenvalue weighted by molar-refractivity contribution is 0.483. The Morgan fingerprint density at radius 2 is 2.04 bits per heavy atom. The number of benzene rings is 1. The van der Waals surface area contributed by atoms with Crippen LogP contribution in [0.3, 0.4) is 0 Å². The van der Waals surface area contributed by atoms with E-state index in [4.69, 9.17) is 0 Å². The first-order valence-electron chi connectivity index (χ1n) is 7.79. The predicted octanol–water partition coefficient (Wildman–Crippen LogP) is 2.56. The second kappa shape index (κ2) is 5.62. The lowest BCUT2D eigenvalue weighted by atomic mass is 10.1. The zero-order valence-corrected chi connectivity index (χ0v) is 12.9. The zero-order valence-electron chi connectivity index (χ0n) is 12.9. The number of piperazine rings is 1. The van der Waals surface area contributed by atoms with Crippen molar-refractivity contribution in [3.63, 3.8) is 0 Å². The van der Waals surface area contributed by atoms with Gasteiger partial charge in [-0.15, -0.1) is 0 Å². The van der Waals surface area contributed by atoms with Gasteiger partial charge in [-0.3, -0.25) is 0 Å². The maximum atomic E-state index is 13.1. The Balaban J connectivity index is 1.76. The van der Waals surface area contributed by atoms with Gasteiger partial charge in [0.25, 0.3) is 0 Å². The smallest absolute Gasteiger partial charge is 0.143 e. The van der Waals surface area contributed by atoms with Crippen molar-refractivity contribution >= 4 is 16.9 Å². The molecule has 1 aliphatic rings. The van der Waals surface area contributed by atoms with E-state index in [2.05, 4.69) is 32.1 Å². The lowest BCUT2D eigenvalue weighted by Gasteiger charge is -2.32. The van der Waals surface area contributed by atoms with E-state index in [-0.39, 0.29) is 5.82 Å². The van der Waals surface area contributed by atoms with Gasteiger partial charge in [0.15, 0.2) is 0 Å². The molecule has 23 heavy (non-hydrogen) atoms. The number of hydrogen-bond acceptors (Lipinski definition) is 4. The van der Waals surface area contributed by atoms with E-state index in [9.17, 15) is 4.39 Å². The van der Waals surface area contributed by atoms with Crippen LogP contribution in [0, 0.1) is 5.82 Å². The molecule has 6 heteroatoms. The number of H-pyrrole nitrogens is 1. The molecule has 1 aliphatic heterocycles. The summed E-state index contributed by atoms with van der Waals surface area (Å²) >= 11 is 0. The van der Waals surface area contributed by atoms with Crippen molar-refractivity contribution in [3.8, 4) is 11.3 Å². The molecule has 0 radical (unpaired) electrons. The maximum Gasteiger partial charge on any atom is 0.143 e. The number of fused-ring (bicyclic) bond motifs is 1. The molecule has 2 N–H and O–H groups in total. The molecule has 118 valence electrons. The number of anilines is 1. The van der Waals surface area contributed by atoms with E-state index in [1.54, 1.807) is 18.5 Å². The van der Waals surface area contributed by atoms with E-state index in [0.29, 0.717) is 6.04 Å². The lowest BCUT2D eigenvalue weighted by Crippen LogP contribution is -2.49. The average molecular weight is 311 g/mol. The van der Waals surface area contributed by atoms with Gasteiger partial charge < -0.3 is 15.2 Å². The van der Waals surface area contributed by atoms with E-state index in [0.717, 1.165) is 47.7 Å². The van der Waals surface area contributed by atoms with Gasteiger partial charge in [-0.05, 0) is 42.8 Å². The third kappa shape index (κ3) is 2.66. The van der Waals surface area contributed by atoms with Gasteiger partial charge in [0.1, 0.15) is 23.6 Å². The van der Waals surface area contributed by atoms with Crippen LogP contribution in [0.2, 0.25) is 0 Å². The van der Waals surface area contributed by atoms with Crippen molar-refractivity contribution in [3.05, 3.63) is 42.5 Å². The minimum Gasteiger partial charge on any atom is -0.353 e. The third-order valence-electron chi connectivity index (χ3n) is 4.23. The minimum atomic E-state index is -0.236. The highest BCUT2D eigenvalue weighted by atomic mass is 19.1. The molecule has 3 aromatic rings. The van der Waals surface area contributed by atoms with E-state index >= 15 is 0 Å². The Morgan fingerprint density at radius 1 is 1.22 bits per heavy atom. The van der Waals surface area contributed by atoms with Crippen LogP contribution in [0.25, 0.3) is 22.3 Å². The largest absolute Gasteiger partial charge is 0.353 e. The van der Waals surface area contributed by atoms with Crippen LogP contribution in [0.4, 0.5) is 10.2 Å². The van der Waals surface area contributed by atoms with Crippen molar-refractivity contribution in [2.45, 2.75) is 13.0 Å². The highest BCUT2D eigenvalue weighted by Gasteiger charge is 2.20. The highest BCUT2D eigenvalue weighted by Crippen LogP contribution is 2.29. The van der Waals surface area contributed by atoms with Gasteiger partial charge in [-0.1, -0.05) is 0 Å². The Hall–Kier alpha value is -2.47. The number of nitrogens with one attached hydrogen (secondary N) is 2. The average Bonchev–Trinajstić information content (AvgIpc) is 2.99. The van der Waals surface area contributed by atoms with Gasteiger partial charge in [0.2, 0.25) is 0 Å². The Kier molecular flexibility index (Phi) is 3.46. The van der Waals surface area contributed by atoms with Crippen LogP contribution in [-0.4, -0.2) is 40.6 Å². The summed E-state index contributed by atoms with van der Waals surface area (Å²) in [4.78, 5) is 14.4. The molecule has 0 amide bonds. The van der Waals surface area contributed by atoms with Crippen LogP contribution in [0.5, 0.6) is 0 Å². The normalized spacial score (nSPS) is 18.5. The van der Waals surface area contributed by atoms with Gasteiger partial charge in [-0.2, -0.15) is 0 Å². The summed E-state index contributed by atoms with van der Waals surface area (Å²) in [7, 11) is 0. The molecule has 0 spiro atoms. The monoisotopic (exact) mass is 311 g/mol. The molecule has 2 aromatic heterocycles. The van der Waals surface area contributed by atoms with Gasteiger partial charge in [0, 0.05) is 31.4 Å². The second-order valence-electron chi connectivity index (χ2n) is 5.95. The Labute approximate surface area is 133 Å². The molecule has 1 unspecified atom stereocenters. The molecule has 1 saturated heterocycles. The highest BCUT2D eigenvalue weighted by molar-refractivity contribution is 5.91. The number of hydrogen-bond donors (Lipinski definition) is 2. The summed E-state index contributed by atoms with van der Waals surface area (Å²) in [6.45, 7) is 4.96. The number of rotatable bonds is 2. The Morgan fingerprint density at radius 3 is 2.83 bits per heavy atom. The number of aromatic nitrogens is 3. The molecule has 4 rings (SSSR count). The third-order valence-corrected chi connectivity index (χ3v) is 4.23. The maximum absolute atomic E-state index is 13.1. The standard InChI is InChI=1S/C17H18FN5/c1-11-9-23(7-6-19-11)17-14-8-15(22-16(14)20-10-21-17)12-2-4-13(18)5-3-12/h2-5,8,10-11,19H,6-7,9H2,1H3,(H,20,21,22). The molecule has 5 nitrogen and oxygen atoms in total. The molecule has 0 saturated carbocycles. The molecule has 1 aromatic carbocycles. The zero-order chi connectivity index (χ0) is 15.8. The van der Waals surface area contributed by atoms with Gasteiger partial charge in [0.05, 0.1) is 5.39 Å². The molecule has 3 heterocycles. The molecular formula is C17H18FN5. The SMILES string of the molecule is CC1CN(c2ncnc3[nH]c(-c4ccc(F)cc4)cc23)CCN1. The van der Waals surface area contributed by atoms with Crippen molar-refractivity contribution in [1.29, 1.82) is 0 Å². The van der Waals surface area contributed by atoms with Crippen LogP contribution < -0.4 is 10.2 Å². The molecule has 0 bridgehead atoms. The van der Waals surface area contributed by atoms with Crippen LogP contribution in [0.15, 0.2) is 36.7 Å². The predicted molar refractivity (Wildman–Crippen MR) is 89.0 cm³/mol. The summed E-state index contributed by atoms with van der Waals surface area (Å²) in [5, 5.41) is 4.44. The fourth-order valence-electron chi connectivity index (χ4n) is 3.09. The number of aromatic amines is 1. The number of halogens is 1. The van der Waals surface area contributed by atoms with Gasteiger partial charge >= 0.3 is 0 Å². The molecular weight excluding hydrogens is 293 g/mol. The number of nitrogens with zero attached hydrogens (tertiary/aromatic N) is 3. The van der Waals surface area contributed by atoms with Crippen molar-refractivity contribution < 1.29 is 4.39 Å². The topological polar surface area (TPSA) is 56.8 Å². The summed E-state index contributed by atoms with van der Waals surface area (Å²) < 4.78 is 13.1. The van der Waals surface area contributed by atoms with E-state index in [1.807, 2.05) is 6.07 Å². The van der Waals surface area contributed by atoms with Gasteiger partial charge in [-0.25, -0.2) is 14.4 Å². The first kappa shape index (κ1) is 14.1. The molecule has 1 atom stereocenters. The first-order chi connectivity index (χ1) is 11.2. The van der Waals surface area contributed by atoms with Crippen molar-refractivity contribution in [2.75, 3.05) is 24.5 Å². The summed E-state index contributed by atoms with van der Waals surface area (Å²) in [5.41, 5.74) is 2.66. The summed E-state index contributed by atoms with van der Waals surface area (Å²) in [6.07, 6.45) is 1.59. The molecule has 1 fully saturated rings. The van der Waals surface area contributed by atoms with Crippen LogP contribution in [-0.2, 0) is 0 Å².